The summed E-state index contributed by atoms with van der Waals surface area (Å²) in [4.78, 5) is 9.86. The third-order valence-electron chi connectivity index (χ3n) is 14.1. The summed E-state index contributed by atoms with van der Waals surface area (Å²) in [5.74, 6) is 0. The van der Waals surface area contributed by atoms with Crippen LogP contribution in [0.25, 0.3) is 139 Å². The zero-order chi connectivity index (χ0) is 44.0. The minimum atomic E-state index is 0.896. The minimum Gasteiger partial charge on any atom is -0.309 e. The summed E-state index contributed by atoms with van der Waals surface area (Å²) in [5, 5.41) is 2.52. The molecule has 14 rings (SSSR count). The van der Waals surface area contributed by atoms with Crippen LogP contribution in [-0.2, 0) is 0 Å². The molecule has 0 atom stereocenters. The van der Waals surface area contributed by atoms with E-state index in [-0.39, 0.29) is 0 Å². The number of para-hydroxylation sites is 2. The highest BCUT2D eigenvalue weighted by atomic mass is 15.0. The maximum absolute atomic E-state index is 4.95. The maximum atomic E-state index is 4.95. The van der Waals surface area contributed by atoms with Gasteiger partial charge in [-0.3, -0.25) is 9.97 Å². The number of rotatable bonds is 3. The number of pyridine rings is 2. The Morgan fingerprint density at radius 3 is 1.12 bits per heavy atom. The molecule has 0 spiro atoms. The molecule has 0 unspecified atom stereocenters. The monoisotopic (exact) mass is 849 g/mol. The Hall–Kier alpha value is -8.92. The Labute approximate surface area is 388 Å². The van der Waals surface area contributed by atoms with E-state index in [9.17, 15) is 0 Å². The van der Waals surface area contributed by atoms with E-state index in [2.05, 4.69) is 217 Å². The Balaban J connectivity index is 0.926. The van der Waals surface area contributed by atoms with E-state index < -0.39 is 0 Å². The Morgan fingerprint density at radius 1 is 0.239 bits per heavy atom. The van der Waals surface area contributed by atoms with Gasteiger partial charge in [-0.25, -0.2) is 0 Å². The molecular weight excluding hydrogens is 811 g/mol. The van der Waals surface area contributed by atoms with Crippen LogP contribution in [0.4, 0.5) is 0 Å². The second-order valence-corrected chi connectivity index (χ2v) is 17.6. The summed E-state index contributed by atoms with van der Waals surface area (Å²) >= 11 is 0. The van der Waals surface area contributed by atoms with Gasteiger partial charge in [0.05, 0.1) is 22.4 Å². The van der Waals surface area contributed by atoms with Crippen LogP contribution in [0.2, 0.25) is 0 Å². The molecule has 3 nitrogen and oxygen atoms in total. The predicted molar refractivity (Wildman–Crippen MR) is 278 cm³/mol. The molecule has 0 amide bonds. The van der Waals surface area contributed by atoms with Crippen molar-refractivity contribution in [1.29, 1.82) is 0 Å². The number of hydrogen-bond donors (Lipinski definition) is 0. The van der Waals surface area contributed by atoms with Crippen molar-refractivity contribution in [3.8, 4) is 117 Å². The first kappa shape index (κ1) is 37.5. The summed E-state index contributed by atoms with van der Waals surface area (Å²) < 4.78 is 2.42. The van der Waals surface area contributed by atoms with E-state index in [1.54, 1.807) is 0 Å². The zero-order valence-corrected chi connectivity index (χ0v) is 36.4. The largest absolute Gasteiger partial charge is 0.309 e. The maximum Gasteiger partial charge on any atom is 0.0970 e. The fourth-order valence-electron chi connectivity index (χ4n) is 11.1. The van der Waals surface area contributed by atoms with Gasteiger partial charge in [0.1, 0.15) is 0 Å². The van der Waals surface area contributed by atoms with E-state index in [0.717, 1.165) is 50.5 Å². The van der Waals surface area contributed by atoms with E-state index in [1.165, 1.54) is 88.6 Å². The molecule has 3 aromatic heterocycles. The Bertz CT molecular complexity index is 3940. The van der Waals surface area contributed by atoms with Crippen LogP contribution in [-0.4, -0.2) is 14.5 Å². The fourth-order valence-corrected chi connectivity index (χ4v) is 11.1. The third kappa shape index (κ3) is 5.78. The van der Waals surface area contributed by atoms with Crippen molar-refractivity contribution >= 4 is 21.8 Å². The lowest BCUT2D eigenvalue weighted by Crippen LogP contribution is -2.00. The number of benzene rings is 9. The molecule has 0 saturated heterocycles. The topological polar surface area (TPSA) is 30.7 Å². The van der Waals surface area contributed by atoms with E-state index >= 15 is 0 Å². The van der Waals surface area contributed by atoms with Gasteiger partial charge in [0.25, 0.3) is 0 Å². The van der Waals surface area contributed by atoms with Crippen molar-refractivity contribution < 1.29 is 0 Å². The van der Waals surface area contributed by atoms with Crippen molar-refractivity contribution in [2.75, 3.05) is 0 Å². The molecule has 0 aliphatic heterocycles. The Kier molecular flexibility index (Phi) is 8.28. The summed E-state index contributed by atoms with van der Waals surface area (Å²) in [6.07, 6.45) is 3.74. The highest BCUT2D eigenvalue weighted by Crippen LogP contribution is 2.51. The lowest BCUT2D eigenvalue weighted by Gasteiger charge is -2.24. The molecule has 0 bridgehead atoms. The molecule has 12 aromatic rings. The third-order valence-corrected chi connectivity index (χ3v) is 14.1. The molecular formula is C64H39N3. The highest BCUT2D eigenvalue weighted by molar-refractivity contribution is 6.10. The van der Waals surface area contributed by atoms with Crippen molar-refractivity contribution in [3.05, 3.63) is 237 Å². The summed E-state index contributed by atoms with van der Waals surface area (Å²) in [5.41, 5.74) is 26.6. The molecule has 9 aromatic carbocycles. The molecule has 2 aliphatic carbocycles. The molecule has 3 heterocycles. The quantitative estimate of drug-likeness (QED) is 0.177. The van der Waals surface area contributed by atoms with Gasteiger partial charge < -0.3 is 4.57 Å². The second kappa shape index (κ2) is 14.8. The first-order chi connectivity index (χ1) is 33.2. The molecule has 3 heteroatoms. The van der Waals surface area contributed by atoms with E-state index in [4.69, 9.17) is 9.97 Å². The van der Waals surface area contributed by atoms with Crippen LogP contribution in [0.1, 0.15) is 0 Å². The zero-order valence-electron chi connectivity index (χ0n) is 36.4. The highest BCUT2D eigenvalue weighted by Gasteiger charge is 2.26. The van der Waals surface area contributed by atoms with E-state index in [0.29, 0.717) is 0 Å². The average Bonchev–Trinajstić information content (AvgIpc) is 3.74. The SMILES string of the molecule is c1cc(-c2ccc3c(c2)-c2ccccc2-c2ccccc2-c2cc(-n4c5ccccc5c5ccccc54)ccc2-3)cc(-c2ccc3c(c2)-c2cccnc2-c2ncccc2-c2ccccc2-3)c1. The van der Waals surface area contributed by atoms with Gasteiger partial charge in [0.2, 0.25) is 0 Å². The number of hydrogen-bond acceptors (Lipinski definition) is 2. The van der Waals surface area contributed by atoms with Gasteiger partial charge in [-0.05, 0) is 144 Å². The van der Waals surface area contributed by atoms with Crippen molar-refractivity contribution in [2.24, 2.45) is 0 Å². The molecule has 310 valence electrons. The van der Waals surface area contributed by atoms with E-state index in [1.807, 2.05) is 24.5 Å². The lowest BCUT2D eigenvalue weighted by atomic mass is 9.80. The van der Waals surface area contributed by atoms with Gasteiger partial charge in [-0.2, -0.15) is 0 Å². The summed E-state index contributed by atoms with van der Waals surface area (Å²) in [6.45, 7) is 0. The minimum absolute atomic E-state index is 0.896. The summed E-state index contributed by atoms with van der Waals surface area (Å²) in [6, 6.07) is 82.5. The molecule has 0 saturated carbocycles. The predicted octanol–water partition coefficient (Wildman–Crippen LogP) is 16.9. The normalized spacial score (nSPS) is 11.9. The van der Waals surface area contributed by atoms with Crippen LogP contribution >= 0.6 is 0 Å². The molecule has 0 radical (unpaired) electrons. The van der Waals surface area contributed by atoms with Gasteiger partial charge in [0, 0.05) is 40.0 Å². The van der Waals surface area contributed by atoms with Gasteiger partial charge >= 0.3 is 0 Å². The molecule has 2 aliphatic rings. The summed E-state index contributed by atoms with van der Waals surface area (Å²) in [7, 11) is 0. The van der Waals surface area contributed by atoms with Crippen LogP contribution in [0, 0.1) is 0 Å². The van der Waals surface area contributed by atoms with Crippen molar-refractivity contribution in [1.82, 2.24) is 14.5 Å². The van der Waals surface area contributed by atoms with Crippen LogP contribution in [0.15, 0.2) is 237 Å². The number of nitrogens with zero attached hydrogens (tertiary/aromatic N) is 3. The fraction of sp³-hybridized carbons (Fsp3) is 0. The average molecular weight is 850 g/mol. The van der Waals surface area contributed by atoms with Crippen molar-refractivity contribution in [3.63, 3.8) is 0 Å². The van der Waals surface area contributed by atoms with Gasteiger partial charge in [0.15, 0.2) is 0 Å². The second-order valence-electron chi connectivity index (χ2n) is 17.6. The first-order valence-electron chi connectivity index (χ1n) is 23.0. The standard InChI is InChI=1S/C64H39N3/c1-4-19-48-47(18-1)51-31-28-43(38-59(51)57-25-13-35-66-64(57)63-56(48)24-12-34-65-63)41-15-11-14-40(36-41)42-29-32-52-53-33-30-44(67-61-26-9-7-22-54(61)55-23-8-10-27-62(55)67)39-60(53)50-21-6-3-17-46(50)45-16-2-5-20-49(45)58(52)37-42/h1-39H. The van der Waals surface area contributed by atoms with Crippen LogP contribution < -0.4 is 0 Å². The smallest absolute Gasteiger partial charge is 0.0970 e. The molecule has 0 fully saturated rings. The Morgan fingerprint density at radius 2 is 0.597 bits per heavy atom. The van der Waals surface area contributed by atoms with Gasteiger partial charge in [-0.15, -0.1) is 0 Å². The molecule has 0 N–H and O–H groups in total. The molecule has 67 heavy (non-hydrogen) atoms. The lowest BCUT2D eigenvalue weighted by molar-refractivity contribution is 1.18. The van der Waals surface area contributed by atoms with Crippen molar-refractivity contribution in [2.45, 2.75) is 0 Å². The van der Waals surface area contributed by atoms with Gasteiger partial charge in [-0.1, -0.05) is 170 Å². The first-order valence-corrected chi connectivity index (χ1v) is 23.0. The number of fused-ring (bicyclic) bond motifs is 19. The van der Waals surface area contributed by atoms with Crippen LogP contribution in [0.5, 0.6) is 0 Å². The number of aromatic nitrogens is 3. The van der Waals surface area contributed by atoms with Crippen LogP contribution in [0.3, 0.4) is 0 Å².